The Kier molecular flexibility index (Phi) is 37.9. The van der Waals surface area contributed by atoms with Gasteiger partial charge in [-0.3, -0.25) is 38.3 Å². The molecule has 6 aromatic carbocycles. The number of aryl methyl sites for hydroxylation is 1. The van der Waals surface area contributed by atoms with E-state index in [1.807, 2.05) is 55.1 Å². The molecular weight excluding hydrogens is 1780 g/mol. The van der Waals surface area contributed by atoms with Gasteiger partial charge in [0.2, 0.25) is 29.5 Å². The summed E-state index contributed by atoms with van der Waals surface area (Å²) in [4.78, 5) is 108. The number of anilines is 1. The van der Waals surface area contributed by atoms with Gasteiger partial charge < -0.3 is 79.6 Å². The van der Waals surface area contributed by atoms with Crippen molar-refractivity contribution < 1.29 is 89.0 Å². The van der Waals surface area contributed by atoms with Crippen LogP contribution in [0.3, 0.4) is 0 Å². The number of nitrogens with one attached hydrogen (secondary N) is 6. The largest absolute Gasteiger partial charge is 0.377 e. The second-order valence-corrected chi connectivity index (χ2v) is 34.4. The zero-order valence-electron chi connectivity index (χ0n) is 75.2. The fraction of sp³-hybridized carbons (Fsp3) is 0.458. The molecule has 134 heavy (non-hydrogen) atoms. The third kappa shape index (κ3) is 29.8. The number of carbonyl (C=O) groups is 7. The number of fused-ring (bicyclic) bond motifs is 2. The molecule has 8 amide bonds. The van der Waals surface area contributed by atoms with Crippen LogP contribution in [0.1, 0.15) is 104 Å². The van der Waals surface area contributed by atoms with Gasteiger partial charge in [-0.15, -0.1) is 5.10 Å². The van der Waals surface area contributed by atoms with Crippen LogP contribution in [0.5, 0.6) is 0 Å². The number of benzene rings is 6. The number of hydrogen-bond acceptors (Lipinski definition) is 21. The first-order chi connectivity index (χ1) is 65.0. The molecule has 4 aromatic heterocycles. The maximum atomic E-state index is 14.7. The molecule has 6 heterocycles. The van der Waals surface area contributed by atoms with Crippen molar-refractivity contribution in [2.75, 3.05) is 157 Å². The number of likely N-dealkylation sites (tertiary alicyclic amines) is 1. The number of halogens is 6. The van der Waals surface area contributed by atoms with E-state index in [-0.39, 0.29) is 98.6 Å². The zero-order valence-corrected chi connectivity index (χ0v) is 76.7. The number of amides is 8. The predicted octanol–water partition coefficient (Wildman–Crippen LogP) is 11.0. The van der Waals surface area contributed by atoms with E-state index in [4.69, 9.17) is 76.3 Å². The van der Waals surface area contributed by atoms with Gasteiger partial charge in [0.25, 0.3) is 5.91 Å². The monoisotopic (exact) mass is 1890 g/mol. The third-order valence-electron chi connectivity index (χ3n) is 23.4. The molecular formula is C96H115Cl2F4N17O15. The van der Waals surface area contributed by atoms with E-state index in [2.05, 4.69) is 47.1 Å². The van der Waals surface area contributed by atoms with Gasteiger partial charge in [0.1, 0.15) is 29.4 Å². The Morgan fingerprint density at radius 2 is 1.18 bits per heavy atom. The van der Waals surface area contributed by atoms with Crippen LogP contribution in [0, 0.1) is 35.1 Å². The number of rotatable bonds is 51. The highest BCUT2D eigenvalue weighted by molar-refractivity contribution is 6.36. The first-order valence-electron chi connectivity index (χ1n) is 45.4. The second-order valence-electron chi connectivity index (χ2n) is 33.6. The smallest absolute Gasteiger partial charge is 0.319 e. The molecule has 10 aromatic rings. The molecule has 1 aliphatic carbocycles. The number of nitrogens with zero attached hydrogens (tertiary/aromatic N) is 11. The van der Waals surface area contributed by atoms with Crippen LogP contribution in [0.15, 0.2) is 152 Å². The molecule has 0 bridgehead atoms. The number of ether oxygens (including phenoxy) is 8. The molecule has 38 heteroatoms. The van der Waals surface area contributed by atoms with Crippen LogP contribution < -0.4 is 31.9 Å². The number of carbonyl (C=O) groups excluding carboxylic acids is 7. The molecule has 0 unspecified atom stereocenters. The number of imidazole rings is 1. The predicted molar refractivity (Wildman–Crippen MR) is 492 cm³/mol. The SMILES string of the molecule is CC1(C)CN(C(=O)C2CCC(C(=O)NCCOCCOCCOCCOCCOCCOCCOCCOCCn3cc(CCC(=O)NCC[C@H](NC(=O)[C@H](Cc4ccc(F)c(F)c4)NC(=O)Nc4ccc5c(CN6CCCC6)nn(Cc6c(Cl)cccc6Cl)c5c4)C(=O)NCc4ccccc4)nn3)CC2)CCN1C(=O)c1cn2nc(-c3ccc(F)cc3)cc(-c3ccc(F)cc3)c2n1. The molecule has 2 atom stereocenters. The minimum absolute atomic E-state index is 0.0254. The summed E-state index contributed by atoms with van der Waals surface area (Å²) in [5.41, 5.74) is 6.29. The van der Waals surface area contributed by atoms with Crippen molar-refractivity contribution in [3.05, 3.63) is 219 Å². The zero-order chi connectivity index (χ0) is 94.1. The first kappa shape index (κ1) is 100. The second kappa shape index (κ2) is 50.8. The van der Waals surface area contributed by atoms with Crippen LogP contribution >= 0.6 is 23.2 Å². The van der Waals surface area contributed by atoms with E-state index in [9.17, 15) is 51.1 Å². The molecule has 2 saturated heterocycles. The highest BCUT2D eigenvalue weighted by Gasteiger charge is 2.42. The molecule has 3 aliphatic rings. The standard InChI is InChI=1S/C96H115Cl2F4N17O15/c1-96(2)64-115(36-37-117(96)94(125)86-63-119-89(107-86)76(67-18-22-71(99)23-19-67)58-83(111-119)68-20-24-72(100)25-21-68)93(124)70-16-14-69(15-17-70)90(121)104-33-39-127-41-43-129-45-47-131-49-51-133-53-54-134-52-50-132-48-46-130-44-42-128-40-38-116-60-74(110-113-116)27-30-88(120)103-32-31-82(91(122)105-59-65-9-4-3-5-10-65)108-92(123)84(56-66-13-29-80(101)81(102)55-66)109-95(126)106-73-26-28-75-85(62-114-34-6-7-35-114)112-118(87(75)57-73)61-77-78(97)11-8-12-79(77)98/h3-5,8-13,18-26,28-29,55,57-58,60,63,69-70,82,84H,6-7,14-17,27,30-54,56,59,61-62,64H2,1-2H3,(H,103,120)(H,104,121)(H,105,122)(H,108,123)(H2,106,109,126)/t69?,70?,82-,84-/m0/s1. The molecule has 1 saturated carbocycles. The summed E-state index contributed by atoms with van der Waals surface area (Å²) >= 11 is 13.3. The molecule has 716 valence electrons. The Labute approximate surface area is 784 Å². The molecule has 2 aliphatic heterocycles. The van der Waals surface area contributed by atoms with Crippen LogP contribution in [-0.2, 0) is 101 Å². The van der Waals surface area contributed by atoms with Crippen LogP contribution in [0.25, 0.3) is 38.9 Å². The lowest BCUT2D eigenvalue weighted by Gasteiger charge is -2.47. The lowest BCUT2D eigenvalue weighted by molar-refractivity contribution is -0.142. The summed E-state index contributed by atoms with van der Waals surface area (Å²) < 4.78 is 107. The Morgan fingerprint density at radius 3 is 1.81 bits per heavy atom. The van der Waals surface area contributed by atoms with Gasteiger partial charge in [0.15, 0.2) is 17.3 Å². The summed E-state index contributed by atoms with van der Waals surface area (Å²) in [5, 5.41) is 36.8. The lowest BCUT2D eigenvalue weighted by atomic mass is 9.80. The van der Waals surface area contributed by atoms with Gasteiger partial charge in [-0.05, 0) is 174 Å². The molecule has 0 radical (unpaired) electrons. The minimum atomic E-state index is -1.43. The van der Waals surface area contributed by atoms with Crippen molar-refractivity contribution in [1.29, 1.82) is 0 Å². The molecule has 6 N–H and O–H groups in total. The number of urea groups is 1. The molecule has 3 fully saturated rings. The van der Waals surface area contributed by atoms with Crippen molar-refractivity contribution in [2.24, 2.45) is 11.8 Å². The van der Waals surface area contributed by atoms with Crippen molar-refractivity contribution in [2.45, 2.75) is 122 Å². The number of piperazine rings is 1. The average Bonchev–Trinajstić information content (AvgIpc) is 1.62. The highest BCUT2D eigenvalue weighted by Crippen LogP contribution is 2.36. The number of hydrogen-bond donors (Lipinski definition) is 6. The van der Waals surface area contributed by atoms with Gasteiger partial charge in [0.05, 0.1) is 153 Å². The van der Waals surface area contributed by atoms with Crippen LogP contribution in [-0.4, -0.2) is 265 Å². The van der Waals surface area contributed by atoms with Crippen molar-refractivity contribution in [1.82, 2.24) is 80.7 Å². The maximum Gasteiger partial charge on any atom is 0.319 e. The highest BCUT2D eigenvalue weighted by atomic mass is 35.5. The topological polar surface area (TPSA) is 354 Å². The summed E-state index contributed by atoms with van der Waals surface area (Å²) in [7, 11) is 0. The quantitative estimate of drug-likeness (QED) is 0.0152. The normalized spacial score (nSPS) is 15.6. The van der Waals surface area contributed by atoms with E-state index in [1.54, 1.807) is 87.3 Å². The summed E-state index contributed by atoms with van der Waals surface area (Å²) in [6.45, 7) is 14.3. The molecule has 32 nitrogen and oxygen atoms in total. The Hall–Kier alpha value is -11.4. The van der Waals surface area contributed by atoms with E-state index >= 15 is 0 Å². The summed E-state index contributed by atoms with van der Waals surface area (Å²) in [6.07, 6.45) is 7.73. The average molecular weight is 1890 g/mol. The minimum Gasteiger partial charge on any atom is -0.377 e. The maximum absolute atomic E-state index is 14.7. The van der Waals surface area contributed by atoms with Crippen LogP contribution in [0.2, 0.25) is 10.0 Å². The third-order valence-corrected chi connectivity index (χ3v) is 24.1. The number of aromatic nitrogens is 8. The van der Waals surface area contributed by atoms with E-state index < -0.39 is 58.7 Å². The van der Waals surface area contributed by atoms with E-state index in [0.29, 0.717) is 225 Å². The van der Waals surface area contributed by atoms with Gasteiger partial charge in [-0.2, -0.15) is 10.2 Å². The Bertz CT molecular complexity index is 5510. The van der Waals surface area contributed by atoms with E-state index in [0.717, 1.165) is 54.7 Å². The van der Waals surface area contributed by atoms with Gasteiger partial charge in [-0.1, -0.05) is 83.0 Å². The summed E-state index contributed by atoms with van der Waals surface area (Å²) in [6, 6.07) is 33.0. The van der Waals surface area contributed by atoms with Crippen LogP contribution in [0.4, 0.5) is 28.0 Å². The Balaban J connectivity index is 0.425. The Morgan fingerprint density at radius 1 is 0.560 bits per heavy atom. The van der Waals surface area contributed by atoms with Crippen molar-refractivity contribution >= 4 is 86.9 Å². The van der Waals surface area contributed by atoms with Gasteiger partial charge in [0, 0.05) is 121 Å². The lowest BCUT2D eigenvalue weighted by Crippen LogP contribution is -2.62. The summed E-state index contributed by atoms with van der Waals surface area (Å²) in [5.74, 6) is -5.57. The molecule has 13 rings (SSSR count). The van der Waals surface area contributed by atoms with Crippen molar-refractivity contribution in [3.63, 3.8) is 0 Å². The van der Waals surface area contributed by atoms with Gasteiger partial charge >= 0.3 is 6.03 Å². The fourth-order valence-corrected chi connectivity index (χ4v) is 16.8. The molecule has 0 spiro atoms. The van der Waals surface area contributed by atoms with Crippen molar-refractivity contribution in [3.8, 4) is 22.4 Å². The first-order valence-corrected chi connectivity index (χ1v) is 46.2. The van der Waals surface area contributed by atoms with Gasteiger partial charge in [-0.25, -0.2) is 36.5 Å². The fourth-order valence-electron chi connectivity index (χ4n) is 16.3. The van der Waals surface area contributed by atoms with E-state index in [1.165, 1.54) is 34.8 Å².